The van der Waals surface area contributed by atoms with Crippen LogP contribution >= 0.6 is 11.6 Å². The summed E-state index contributed by atoms with van der Waals surface area (Å²) in [7, 11) is 3.52. The van der Waals surface area contributed by atoms with Crippen molar-refractivity contribution >= 4 is 23.2 Å². The minimum atomic E-state index is 0.0661. The van der Waals surface area contributed by atoms with Crippen LogP contribution in [0.1, 0.15) is 18.9 Å². The number of anilines is 1. The van der Waals surface area contributed by atoms with E-state index < -0.39 is 0 Å². The number of likely N-dealkylation sites (N-methyl/N-ethyl adjacent to an activating group) is 1. The lowest BCUT2D eigenvalue weighted by Crippen LogP contribution is -2.37. The largest absolute Gasteiger partial charge is 0.362 e. The summed E-state index contributed by atoms with van der Waals surface area (Å²) in [6.07, 6.45) is 0.956. The van der Waals surface area contributed by atoms with E-state index in [9.17, 15) is 4.79 Å². The van der Waals surface area contributed by atoms with Gasteiger partial charge in [-0.1, -0.05) is 24.6 Å². The van der Waals surface area contributed by atoms with E-state index in [4.69, 9.17) is 17.3 Å². The maximum absolute atomic E-state index is 11.9. The lowest BCUT2D eigenvalue weighted by atomic mass is 10.1. The highest BCUT2D eigenvalue weighted by molar-refractivity contribution is 6.31. The zero-order valence-electron chi connectivity index (χ0n) is 11.8. The number of amides is 1. The summed E-state index contributed by atoms with van der Waals surface area (Å²) in [6.45, 7) is 3.59. The first-order valence-corrected chi connectivity index (χ1v) is 6.81. The molecule has 0 saturated heterocycles. The quantitative estimate of drug-likeness (QED) is 0.870. The summed E-state index contributed by atoms with van der Waals surface area (Å²) < 4.78 is 0. The molecule has 106 valence electrons. The highest BCUT2D eigenvalue weighted by Crippen LogP contribution is 2.27. The number of nitrogens with two attached hydrogens (primary N) is 1. The van der Waals surface area contributed by atoms with Crippen LogP contribution in [0.15, 0.2) is 18.2 Å². The van der Waals surface area contributed by atoms with Crippen molar-refractivity contribution in [2.45, 2.75) is 19.9 Å². The maximum Gasteiger partial charge on any atom is 0.241 e. The first-order valence-electron chi connectivity index (χ1n) is 6.43. The number of hydrogen-bond acceptors (Lipinski definition) is 3. The average Bonchev–Trinajstić information content (AvgIpc) is 2.37. The molecule has 0 bridgehead atoms. The van der Waals surface area contributed by atoms with Gasteiger partial charge in [0, 0.05) is 43.5 Å². The Morgan fingerprint density at radius 3 is 2.58 bits per heavy atom. The molecule has 0 saturated carbocycles. The summed E-state index contributed by atoms with van der Waals surface area (Å²) in [5, 5.41) is 0.651. The van der Waals surface area contributed by atoms with Crippen molar-refractivity contribution in [3.05, 3.63) is 28.8 Å². The number of halogens is 1. The molecule has 0 spiro atoms. The van der Waals surface area contributed by atoms with E-state index in [0.29, 0.717) is 18.1 Å². The third-order valence-corrected chi connectivity index (χ3v) is 3.31. The van der Waals surface area contributed by atoms with Crippen LogP contribution in [0.5, 0.6) is 0 Å². The van der Waals surface area contributed by atoms with Crippen LogP contribution in [0.3, 0.4) is 0 Å². The molecular weight excluding hydrogens is 262 g/mol. The van der Waals surface area contributed by atoms with Gasteiger partial charge in [0.05, 0.1) is 6.54 Å². The Labute approximate surface area is 120 Å². The fraction of sp³-hybridized carbons (Fsp3) is 0.500. The Morgan fingerprint density at radius 2 is 2.05 bits per heavy atom. The lowest BCUT2D eigenvalue weighted by Gasteiger charge is -2.27. The van der Waals surface area contributed by atoms with Crippen molar-refractivity contribution in [3.8, 4) is 0 Å². The molecule has 4 nitrogen and oxygen atoms in total. The first kappa shape index (κ1) is 15.8. The van der Waals surface area contributed by atoms with Crippen molar-refractivity contribution in [3.63, 3.8) is 0 Å². The van der Waals surface area contributed by atoms with Gasteiger partial charge in [-0.3, -0.25) is 4.79 Å². The van der Waals surface area contributed by atoms with Crippen LogP contribution in [0, 0.1) is 0 Å². The minimum Gasteiger partial charge on any atom is -0.362 e. The number of hydrogen-bond donors (Lipinski definition) is 1. The molecule has 1 aromatic carbocycles. The monoisotopic (exact) mass is 283 g/mol. The SMILES string of the molecule is CCCN(CC(=O)N(C)C)c1cccc(Cl)c1CN. The molecule has 2 N–H and O–H groups in total. The van der Waals surface area contributed by atoms with Gasteiger partial charge >= 0.3 is 0 Å². The van der Waals surface area contributed by atoms with Crippen molar-refractivity contribution in [2.75, 3.05) is 32.1 Å². The Hall–Kier alpha value is -1.26. The van der Waals surface area contributed by atoms with Crippen LogP contribution in [0.4, 0.5) is 5.69 Å². The van der Waals surface area contributed by atoms with Gasteiger partial charge in [0.15, 0.2) is 0 Å². The predicted octanol–water partition coefficient (Wildman–Crippen LogP) is 2.10. The molecule has 0 aliphatic carbocycles. The van der Waals surface area contributed by atoms with Crippen molar-refractivity contribution in [2.24, 2.45) is 5.73 Å². The topological polar surface area (TPSA) is 49.6 Å². The second kappa shape index (κ2) is 7.36. The fourth-order valence-electron chi connectivity index (χ4n) is 1.90. The van der Waals surface area contributed by atoms with Gasteiger partial charge in [0.1, 0.15) is 0 Å². The molecule has 19 heavy (non-hydrogen) atoms. The minimum absolute atomic E-state index is 0.0661. The van der Waals surface area contributed by atoms with Gasteiger partial charge in [-0.2, -0.15) is 0 Å². The van der Waals surface area contributed by atoms with E-state index in [2.05, 4.69) is 6.92 Å². The van der Waals surface area contributed by atoms with Gasteiger partial charge in [-0.25, -0.2) is 0 Å². The van der Waals surface area contributed by atoms with Crippen LogP contribution < -0.4 is 10.6 Å². The van der Waals surface area contributed by atoms with Crippen LogP contribution in [0.2, 0.25) is 5.02 Å². The molecular formula is C14H22ClN3O. The highest BCUT2D eigenvalue weighted by atomic mass is 35.5. The van der Waals surface area contributed by atoms with E-state index >= 15 is 0 Å². The molecule has 0 aromatic heterocycles. The normalized spacial score (nSPS) is 10.4. The molecule has 1 rings (SSSR count). The second-order valence-electron chi connectivity index (χ2n) is 4.65. The molecule has 0 radical (unpaired) electrons. The fourth-order valence-corrected chi connectivity index (χ4v) is 2.15. The van der Waals surface area contributed by atoms with Crippen LogP contribution in [-0.2, 0) is 11.3 Å². The smallest absolute Gasteiger partial charge is 0.241 e. The van der Waals surface area contributed by atoms with Crippen molar-refractivity contribution < 1.29 is 4.79 Å². The van der Waals surface area contributed by atoms with Gasteiger partial charge in [0.2, 0.25) is 5.91 Å². The highest BCUT2D eigenvalue weighted by Gasteiger charge is 2.16. The number of rotatable bonds is 6. The number of nitrogens with zero attached hydrogens (tertiary/aromatic N) is 2. The molecule has 0 heterocycles. The Kier molecular flexibility index (Phi) is 6.12. The summed E-state index contributed by atoms with van der Waals surface area (Å²) in [6, 6.07) is 5.68. The number of benzene rings is 1. The molecule has 1 aromatic rings. The van der Waals surface area contributed by atoms with E-state index in [0.717, 1.165) is 24.2 Å². The summed E-state index contributed by atoms with van der Waals surface area (Å²) in [4.78, 5) is 15.5. The van der Waals surface area contributed by atoms with Gasteiger partial charge in [-0.15, -0.1) is 0 Å². The number of carbonyl (C=O) groups excluding carboxylic acids is 1. The molecule has 1 amide bonds. The van der Waals surface area contributed by atoms with Gasteiger partial charge in [0.25, 0.3) is 0 Å². The first-order chi connectivity index (χ1) is 9.01. The van der Waals surface area contributed by atoms with Crippen LogP contribution in [0.25, 0.3) is 0 Å². The van der Waals surface area contributed by atoms with Gasteiger partial charge < -0.3 is 15.5 Å². The predicted molar refractivity (Wildman–Crippen MR) is 80.5 cm³/mol. The summed E-state index contributed by atoms with van der Waals surface area (Å²) >= 11 is 6.17. The molecule has 0 atom stereocenters. The van der Waals surface area contributed by atoms with E-state index in [1.54, 1.807) is 19.0 Å². The molecule has 0 aliphatic rings. The zero-order valence-corrected chi connectivity index (χ0v) is 12.6. The Balaban J connectivity index is 3.05. The molecule has 0 fully saturated rings. The van der Waals surface area contributed by atoms with Crippen molar-refractivity contribution in [1.29, 1.82) is 0 Å². The van der Waals surface area contributed by atoms with Gasteiger partial charge in [-0.05, 0) is 18.6 Å². The molecule has 5 heteroatoms. The molecule has 0 unspecified atom stereocenters. The third-order valence-electron chi connectivity index (χ3n) is 2.96. The summed E-state index contributed by atoms with van der Waals surface area (Å²) in [5.41, 5.74) is 7.61. The third kappa shape index (κ3) is 4.11. The Morgan fingerprint density at radius 1 is 1.37 bits per heavy atom. The number of carbonyl (C=O) groups is 1. The maximum atomic E-state index is 11.9. The van der Waals surface area contributed by atoms with Crippen LogP contribution in [-0.4, -0.2) is 38.0 Å². The van der Waals surface area contributed by atoms with Crippen molar-refractivity contribution in [1.82, 2.24) is 4.90 Å². The average molecular weight is 284 g/mol. The van der Waals surface area contributed by atoms with E-state index in [-0.39, 0.29) is 5.91 Å². The zero-order chi connectivity index (χ0) is 14.4. The lowest BCUT2D eigenvalue weighted by molar-refractivity contribution is -0.127. The summed E-state index contributed by atoms with van der Waals surface area (Å²) in [5.74, 6) is 0.0661. The van der Waals surface area contributed by atoms with E-state index in [1.165, 1.54) is 0 Å². The standard InChI is InChI=1S/C14H22ClN3O/c1-4-8-18(10-14(19)17(2)3)13-7-5-6-12(15)11(13)9-16/h5-7H,4,8-10,16H2,1-3H3. The second-order valence-corrected chi connectivity index (χ2v) is 5.06. The molecule has 0 aliphatic heterocycles. The Bertz CT molecular complexity index is 435. The van der Waals surface area contributed by atoms with E-state index in [1.807, 2.05) is 23.1 Å².